The number of fused-ring (bicyclic) bond motifs is 2. The summed E-state index contributed by atoms with van der Waals surface area (Å²) in [6, 6.07) is 7.95. The van der Waals surface area contributed by atoms with Gasteiger partial charge in [0.05, 0.1) is 23.0 Å². The van der Waals surface area contributed by atoms with Crippen LogP contribution in [-0.2, 0) is 0 Å². The number of para-hydroxylation sites is 1. The van der Waals surface area contributed by atoms with Crippen molar-refractivity contribution in [1.29, 1.82) is 0 Å². The molecule has 24 heavy (non-hydrogen) atoms. The summed E-state index contributed by atoms with van der Waals surface area (Å²) in [4.78, 5) is 17.7. The molecule has 6 nitrogen and oxygen atoms in total. The van der Waals surface area contributed by atoms with Crippen LogP contribution in [0.2, 0.25) is 0 Å². The van der Waals surface area contributed by atoms with Crippen molar-refractivity contribution in [2.45, 2.75) is 64.2 Å². The molecule has 1 aromatic carbocycles. The molecule has 2 heterocycles. The van der Waals surface area contributed by atoms with Crippen LogP contribution < -0.4 is 10.6 Å². The first-order valence-electron chi connectivity index (χ1n) is 8.74. The molecule has 126 valence electrons. The fraction of sp³-hybridized carbons (Fsp3) is 0.556. The standard InChI is InChI=1S/C18H23N5O/c1-12(2)20-21-18-11-7-6-10-16(18)23(18)22-13(3)19-15-9-5-4-8-14(15)17(22)24/h4-5,8-9,12,16H,6-7,10-11H2,1-3H3. The van der Waals surface area contributed by atoms with E-state index in [0.29, 0.717) is 11.2 Å². The summed E-state index contributed by atoms with van der Waals surface area (Å²) >= 11 is 0. The Hall–Kier alpha value is -2.24. The van der Waals surface area contributed by atoms with Crippen LogP contribution in [0.15, 0.2) is 39.3 Å². The summed E-state index contributed by atoms with van der Waals surface area (Å²) < 4.78 is 1.73. The zero-order chi connectivity index (χ0) is 16.9. The number of aromatic nitrogens is 2. The van der Waals surface area contributed by atoms with E-state index in [-0.39, 0.29) is 23.3 Å². The Bertz CT molecular complexity index is 871. The first-order chi connectivity index (χ1) is 11.5. The van der Waals surface area contributed by atoms with Crippen LogP contribution in [-0.4, -0.2) is 27.4 Å². The molecule has 6 heteroatoms. The minimum absolute atomic E-state index is 0.00776. The number of aryl methyl sites for hydroxylation is 1. The first-order valence-corrected chi connectivity index (χ1v) is 8.74. The van der Waals surface area contributed by atoms with Crippen molar-refractivity contribution >= 4 is 10.9 Å². The number of azo groups is 1. The van der Waals surface area contributed by atoms with Crippen LogP contribution in [0.1, 0.15) is 45.4 Å². The van der Waals surface area contributed by atoms with Crippen molar-refractivity contribution in [3.63, 3.8) is 0 Å². The number of hydrogen-bond acceptors (Lipinski definition) is 5. The highest BCUT2D eigenvalue weighted by atomic mass is 16.1. The Balaban J connectivity index is 1.84. The molecular formula is C18H23N5O. The lowest BCUT2D eigenvalue weighted by atomic mass is 9.96. The molecule has 2 aliphatic rings. The van der Waals surface area contributed by atoms with Crippen LogP contribution in [0.25, 0.3) is 10.9 Å². The second kappa shape index (κ2) is 5.40. The summed E-state index contributed by atoms with van der Waals surface area (Å²) in [5.74, 6) is 0.715. The molecule has 0 N–H and O–H groups in total. The van der Waals surface area contributed by atoms with Crippen molar-refractivity contribution in [3.05, 3.63) is 40.4 Å². The van der Waals surface area contributed by atoms with Gasteiger partial charge in [-0.05, 0) is 52.2 Å². The topological polar surface area (TPSA) is 62.6 Å². The van der Waals surface area contributed by atoms with E-state index in [2.05, 4.69) is 20.2 Å². The lowest BCUT2D eigenvalue weighted by Gasteiger charge is -2.17. The molecule has 0 spiro atoms. The van der Waals surface area contributed by atoms with Gasteiger partial charge in [-0.15, -0.1) is 0 Å². The van der Waals surface area contributed by atoms with Crippen LogP contribution in [0.5, 0.6) is 0 Å². The second-order valence-electron chi connectivity index (χ2n) is 7.09. The second-order valence-corrected chi connectivity index (χ2v) is 7.09. The number of rotatable bonds is 3. The molecule has 1 saturated carbocycles. The lowest BCUT2D eigenvalue weighted by molar-refractivity contribution is 0.439. The van der Waals surface area contributed by atoms with Crippen LogP contribution in [0.4, 0.5) is 0 Å². The third kappa shape index (κ3) is 2.16. The van der Waals surface area contributed by atoms with E-state index in [1.807, 2.05) is 45.0 Å². The van der Waals surface area contributed by atoms with Crippen molar-refractivity contribution in [2.24, 2.45) is 10.2 Å². The van der Waals surface area contributed by atoms with Gasteiger partial charge in [-0.1, -0.05) is 18.6 Å². The summed E-state index contributed by atoms with van der Waals surface area (Å²) in [6.07, 6.45) is 4.30. The monoisotopic (exact) mass is 325 g/mol. The lowest BCUT2D eigenvalue weighted by Crippen LogP contribution is -2.36. The molecule has 2 unspecified atom stereocenters. The normalized spacial score (nSPS) is 26.3. The van der Waals surface area contributed by atoms with E-state index in [9.17, 15) is 4.79 Å². The Morgan fingerprint density at radius 2 is 2.08 bits per heavy atom. The van der Waals surface area contributed by atoms with E-state index in [1.165, 1.54) is 6.42 Å². The highest BCUT2D eigenvalue weighted by molar-refractivity contribution is 5.77. The van der Waals surface area contributed by atoms with Gasteiger partial charge in [-0.3, -0.25) is 9.80 Å². The molecule has 2 fully saturated rings. The molecule has 0 radical (unpaired) electrons. The zero-order valence-electron chi connectivity index (χ0n) is 14.4. The minimum Gasteiger partial charge on any atom is -0.270 e. The van der Waals surface area contributed by atoms with Gasteiger partial charge in [0.1, 0.15) is 5.82 Å². The van der Waals surface area contributed by atoms with Crippen LogP contribution in [0, 0.1) is 6.92 Å². The average molecular weight is 325 g/mol. The van der Waals surface area contributed by atoms with E-state index >= 15 is 0 Å². The van der Waals surface area contributed by atoms with Crippen LogP contribution in [0.3, 0.4) is 0 Å². The van der Waals surface area contributed by atoms with Crippen molar-refractivity contribution in [1.82, 2.24) is 9.66 Å². The summed E-state index contributed by atoms with van der Waals surface area (Å²) in [5.41, 5.74) is 0.395. The predicted molar refractivity (Wildman–Crippen MR) is 93.9 cm³/mol. The fourth-order valence-electron chi connectivity index (χ4n) is 3.90. The van der Waals surface area contributed by atoms with E-state index in [4.69, 9.17) is 0 Å². The molecule has 1 aliphatic heterocycles. The fourth-order valence-corrected chi connectivity index (χ4v) is 3.90. The maximum absolute atomic E-state index is 13.1. The van der Waals surface area contributed by atoms with Crippen molar-refractivity contribution in [3.8, 4) is 0 Å². The highest BCUT2D eigenvalue weighted by Crippen LogP contribution is 2.50. The van der Waals surface area contributed by atoms with Crippen molar-refractivity contribution in [2.75, 3.05) is 5.01 Å². The van der Waals surface area contributed by atoms with Gasteiger partial charge in [0, 0.05) is 0 Å². The number of benzene rings is 1. The maximum atomic E-state index is 13.1. The minimum atomic E-state index is -0.346. The molecular weight excluding hydrogens is 302 g/mol. The third-order valence-electron chi connectivity index (χ3n) is 5.02. The third-order valence-corrected chi connectivity index (χ3v) is 5.02. The highest BCUT2D eigenvalue weighted by Gasteiger charge is 2.66. The Morgan fingerprint density at radius 3 is 2.88 bits per heavy atom. The quantitative estimate of drug-likeness (QED) is 0.643. The molecule has 2 atom stereocenters. The first kappa shape index (κ1) is 15.3. The average Bonchev–Trinajstić information content (AvgIpc) is 3.22. The zero-order valence-corrected chi connectivity index (χ0v) is 14.4. The molecule has 4 rings (SSSR count). The molecule has 0 bridgehead atoms. The predicted octanol–water partition coefficient (Wildman–Crippen LogP) is 3.16. The molecule has 1 aromatic heterocycles. The smallest absolute Gasteiger partial charge is 0.270 e. The van der Waals surface area contributed by atoms with Gasteiger partial charge in [-0.25, -0.2) is 9.66 Å². The van der Waals surface area contributed by atoms with Crippen LogP contribution >= 0.6 is 0 Å². The number of nitrogens with zero attached hydrogens (tertiary/aromatic N) is 5. The Kier molecular flexibility index (Phi) is 3.44. The van der Waals surface area contributed by atoms with E-state index in [0.717, 1.165) is 24.8 Å². The largest absolute Gasteiger partial charge is 0.280 e. The SMILES string of the molecule is Cc1nc2ccccc2c(=O)n1N1C2CCCCC21N=NC(C)C. The molecule has 1 aliphatic carbocycles. The van der Waals surface area contributed by atoms with Gasteiger partial charge in [0.15, 0.2) is 5.66 Å². The van der Waals surface area contributed by atoms with E-state index in [1.54, 1.807) is 4.68 Å². The molecule has 0 amide bonds. The van der Waals surface area contributed by atoms with Crippen molar-refractivity contribution < 1.29 is 0 Å². The Labute approximate surface area is 141 Å². The Morgan fingerprint density at radius 1 is 1.29 bits per heavy atom. The summed E-state index contributed by atoms with van der Waals surface area (Å²) in [5, 5.41) is 11.8. The van der Waals surface area contributed by atoms with Gasteiger partial charge in [0.2, 0.25) is 0 Å². The summed E-state index contributed by atoms with van der Waals surface area (Å²) in [7, 11) is 0. The number of hydrogen-bond donors (Lipinski definition) is 0. The van der Waals surface area contributed by atoms with Gasteiger partial charge >= 0.3 is 0 Å². The van der Waals surface area contributed by atoms with E-state index < -0.39 is 0 Å². The van der Waals surface area contributed by atoms with Gasteiger partial charge in [0.25, 0.3) is 5.56 Å². The van der Waals surface area contributed by atoms with Gasteiger partial charge < -0.3 is 0 Å². The molecule has 2 aromatic rings. The molecule has 1 saturated heterocycles. The maximum Gasteiger partial charge on any atom is 0.280 e. The summed E-state index contributed by atoms with van der Waals surface area (Å²) in [6.45, 7) is 5.95. The van der Waals surface area contributed by atoms with Gasteiger partial charge in [-0.2, -0.15) is 10.2 Å².